The highest BCUT2D eigenvalue weighted by atomic mass is 32.2. The Labute approximate surface area is 196 Å². The van der Waals surface area contributed by atoms with E-state index in [4.69, 9.17) is 4.55 Å². The number of piperazine rings is 1. The predicted octanol–water partition coefficient (Wildman–Crippen LogP) is 1.73. The van der Waals surface area contributed by atoms with Gasteiger partial charge in [0.15, 0.2) is 0 Å². The van der Waals surface area contributed by atoms with Gasteiger partial charge in [0.25, 0.3) is 11.3 Å². The van der Waals surface area contributed by atoms with E-state index in [-0.39, 0.29) is 47.9 Å². The van der Waals surface area contributed by atoms with E-state index in [1.54, 1.807) is 12.1 Å². The molecule has 3 saturated heterocycles. The van der Waals surface area contributed by atoms with Crippen LogP contribution in [0.25, 0.3) is 0 Å². The average Bonchev–Trinajstić information content (AvgIpc) is 3.12. The summed E-state index contributed by atoms with van der Waals surface area (Å²) >= 11 is -2.12. The smallest absolute Gasteiger partial charge is 0.259 e. The van der Waals surface area contributed by atoms with Crippen molar-refractivity contribution in [1.29, 1.82) is 5.26 Å². The molecule has 0 spiro atoms. The van der Waals surface area contributed by atoms with E-state index in [0.717, 1.165) is 31.4 Å². The Hall–Kier alpha value is -2.48. The summed E-state index contributed by atoms with van der Waals surface area (Å²) in [5.74, 6) is 0.399. The molecule has 2 bridgehead atoms. The molecule has 8 atom stereocenters. The summed E-state index contributed by atoms with van der Waals surface area (Å²) in [5, 5.41) is 9.41. The van der Waals surface area contributed by atoms with Crippen LogP contribution in [-0.2, 0) is 20.9 Å². The maximum Gasteiger partial charge on any atom is 0.259 e. The van der Waals surface area contributed by atoms with Crippen LogP contribution in [0.15, 0.2) is 24.3 Å². The van der Waals surface area contributed by atoms with Gasteiger partial charge in [0.05, 0.1) is 18.2 Å². The Bertz CT molecular complexity index is 1030. The Morgan fingerprint density at radius 1 is 1.27 bits per heavy atom. The molecule has 1 saturated carbocycles. The van der Waals surface area contributed by atoms with E-state index in [1.807, 2.05) is 35.8 Å². The first-order valence-corrected chi connectivity index (χ1v) is 12.6. The van der Waals surface area contributed by atoms with Crippen molar-refractivity contribution in [2.75, 3.05) is 17.8 Å². The molecular formula is C23H29N5O4S. The van der Waals surface area contributed by atoms with Gasteiger partial charge in [0.1, 0.15) is 6.04 Å². The van der Waals surface area contributed by atoms with Crippen molar-refractivity contribution in [3.63, 3.8) is 0 Å². The fourth-order valence-electron chi connectivity index (χ4n) is 6.06. The van der Waals surface area contributed by atoms with Crippen LogP contribution < -0.4 is 4.72 Å². The lowest BCUT2D eigenvalue weighted by molar-refractivity contribution is -0.142. The number of piperidine rings is 1. The van der Waals surface area contributed by atoms with Gasteiger partial charge >= 0.3 is 0 Å². The Balaban J connectivity index is 1.21. The molecule has 2 amide bonds. The van der Waals surface area contributed by atoms with Crippen LogP contribution in [-0.4, -0.2) is 72.5 Å². The maximum absolute atomic E-state index is 13.2. The highest BCUT2D eigenvalue weighted by molar-refractivity contribution is 7.80. The minimum absolute atomic E-state index is 0.0458. The molecule has 0 aromatic heterocycles. The average molecular weight is 472 g/mol. The Morgan fingerprint density at radius 3 is 2.64 bits per heavy atom. The molecule has 0 radical (unpaired) electrons. The van der Waals surface area contributed by atoms with Gasteiger partial charge in [0, 0.05) is 36.8 Å². The van der Waals surface area contributed by atoms with Gasteiger partial charge in [-0.25, -0.2) is 4.21 Å². The zero-order chi connectivity index (χ0) is 23.4. The molecule has 33 heavy (non-hydrogen) atoms. The Kier molecular flexibility index (Phi) is 5.67. The molecule has 2 unspecified atom stereocenters. The number of anilines is 1. The zero-order valence-corrected chi connectivity index (χ0v) is 19.6. The summed E-state index contributed by atoms with van der Waals surface area (Å²) in [7, 11) is 0. The molecule has 10 heteroatoms. The van der Waals surface area contributed by atoms with Crippen LogP contribution >= 0.6 is 0 Å². The minimum Gasteiger partial charge on any atom is -0.330 e. The van der Waals surface area contributed by atoms with E-state index in [1.165, 1.54) is 0 Å². The van der Waals surface area contributed by atoms with Gasteiger partial charge in [0.2, 0.25) is 11.8 Å². The topological polar surface area (TPSA) is 117 Å². The van der Waals surface area contributed by atoms with Gasteiger partial charge < -0.3 is 9.80 Å². The first-order chi connectivity index (χ1) is 15.8. The zero-order valence-electron chi connectivity index (χ0n) is 18.8. The normalized spacial score (nSPS) is 32.9. The van der Waals surface area contributed by atoms with Gasteiger partial charge in [-0.05, 0) is 49.8 Å². The third kappa shape index (κ3) is 3.92. The largest absolute Gasteiger partial charge is 0.330 e. The number of nitrogens with one attached hydrogen (secondary N) is 1. The lowest BCUT2D eigenvalue weighted by Crippen LogP contribution is -2.53. The number of carbonyl (C=O) groups is 2. The molecule has 9 nitrogen and oxygen atoms in total. The standard InChI is InChI=1S/C23H29N5O4S/c1-13(22(29)28-18(10-24)7-16-8-20(16)28)11-26-12-19-9-21(26)23(30)27(19)14(2)15-3-5-17(6-4-15)25-33(31)32/h3-6,13-14,16,18-21,25H,7-9,11-12H2,1-2H3,(H,31,32)/t13-,14-,16+,18-,19+,20?,21+/m0/s1. The second-order valence-corrected chi connectivity index (χ2v) is 10.5. The number of nitrogens with zero attached hydrogens (tertiary/aromatic N) is 4. The summed E-state index contributed by atoms with van der Waals surface area (Å²) in [5.41, 5.74) is 1.51. The van der Waals surface area contributed by atoms with Crippen LogP contribution in [0.5, 0.6) is 0 Å². The van der Waals surface area contributed by atoms with Crippen molar-refractivity contribution in [3.8, 4) is 6.07 Å². The molecule has 1 aliphatic carbocycles. The highest BCUT2D eigenvalue weighted by Crippen LogP contribution is 2.48. The van der Waals surface area contributed by atoms with E-state index >= 15 is 0 Å². The van der Waals surface area contributed by atoms with Crippen LogP contribution in [0.2, 0.25) is 0 Å². The van der Waals surface area contributed by atoms with E-state index in [2.05, 4.69) is 15.7 Å². The third-order valence-corrected chi connectivity index (χ3v) is 8.18. The number of nitriles is 1. The summed E-state index contributed by atoms with van der Waals surface area (Å²) in [6.07, 6.45) is 2.59. The van der Waals surface area contributed by atoms with Crippen molar-refractivity contribution in [1.82, 2.24) is 14.7 Å². The predicted molar refractivity (Wildman–Crippen MR) is 122 cm³/mol. The Morgan fingerprint density at radius 2 is 2.00 bits per heavy atom. The SMILES string of the molecule is C[C@@H](CN1C[C@H]2C[C@@H]1C(=O)N2[C@@H](C)c1ccc(NS(=O)O)cc1)C(=O)N1C2C[C@H]2C[C@H]1C#N. The molecule has 2 N–H and O–H groups in total. The molecular weight excluding hydrogens is 442 g/mol. The monoisotopic (exact) mass is 471 g/mol. The van der Waals surface area contributed by atoms with E-state index < -0.39 is 11.3 Å². The van der Waals surface area contributed by atoms with Crippen molar-refractivity contribution in [2.45, 2.75) is 63.3 Å². The summed E-state index contributed by atoms with van der Waals surface area (Å²) in [6, 6.07) is 9.23. The molecule has 5 rings (SSSR count). The van der Waals surface area contributed by atoms with Gasteiger partial charge in [-0.1, -0.05) is 19.1 Å². The van der Waals surface area contributed by atoms with E-state index in [9.17, 15) is 19.1 Å². The number of benzene rings is 1. The first kappa shape index (κ1) is 22.3. The molecule has 4 aliphatic rings. The quantitative estimate of drug-likeness (QED) is 0.585. The molecule has 4 fully saturated rings. The maximum atomic E-state index is 13.2. The fraction of sp³-hybridized carbons (Fsp3) is 0.609. The van der Waals surface area contributed by atoms with Gasteiger partial charge in [-0.15, -0.1) is 0 Å². The molecule has 3 aliphatic heterocycles. The number of hydrogen-bond donors (Lipinski definition) is 2. The van der Waals surface area contributed by atoms with Crippen LogP contribution in [0, 0.1) is 23.2 Å². The molecule has 176 valence electrons. The lowest BCUT2D eigenvalue weighted by Gasteiger charge is -2.38. The number of amides is 2. The second-order valence-electron chi connectivity index (χ2n) is 9.84. The van der Waals surface area contributed by atoms with Crippen molar-refractivity contribution in [3.05, 3.63) is 29.8 Å². The summed E-state index contributed by atoms with van der Waals surface area (Å²) < 4.78 is 22.3. The summed E-state index contributed by atoms with van der Waals surface area (Å²) in [4.78, 5) is 32.2. The fourth-order valence-corrected chi connectivity index (χ4v) is 6.40. The molecule has 3 heterocycles. The van der Waals surface area contributed by atoms with Crippen LogP contribution in [0.4, 0.5) is 5.69 Å². The van der Waals surface area contributed by atoms with Crippen LogP contribution in [0.3, 0.4) is 0 Å². The van der Waals surface area contributed by atoms with Gasteiger partial charge in [-0.3, -0.25) is 23.8 Å². The summed E-state index contributed by atoms with van der Waals surface area (Å²) in [6.45, 7) is 5.20. The van der Waals surface area contributed by atoms with Crippen molar-refractivity contribution >= 4 is 28.8 Å². The highest BCUT2D eigenvalue weighted by Gasteiger charge is 2.55. The first-order valence-electron chi connectivity index (χ1n) is 11.5. The van der Waals surface area contributed by atoms with Crippen molar-refractivity contribution < 1.29 is 18.4 Å². The minimum atomic E-state index is -2.12. The number of hydrogen-bond acceptors (Lipinski definition) is 5. The number of rotatable bonds is 7. The second kappa shape index (κ2) is 8.38. The molecule has 1 aromatic carbocycles. The lowest BCUT2D eigenvalue weighted by atomic mass is 10.0. The van der Waals surface area contributed by atoms with E-state index in [0.29, 0.717) is 18.2 Å². The van der Waals surface area contributed by atoms with Gasteiger partial charge in [-0.2, -0.15) is 5.26 Å². The van der Waals surface area contributed by atoms with Crippen LogP contribution in [0.1, 0.15) is 44.7 Å². The van der Waals surface area contributed by atoms with Crippen molar-refractivity contribution in [2.24, 2.45) is 11.8 Å². The third-order valence-electron chi connectivity index (χ3n) is 7.77. The molecule has 1 aromatic rings. The number of carbonyl (C=O) groups excluding carboxylic acids is 2. The number of likely N-dealkylation sites (tertiary alicyclic amines) is 3. The number of fused-ring (bicyclic) bond motifs is 3.